The number of hydrogen-bond donors (Lipinski definition) is 8. The number of H-pyrrole nitrogens is 1. The highest BCUT2D eigenvalue weighted by Gasteiger charge is 2.32. The second-order valence-electron chi connectivity index (χ2n) is 9.73. The summed E-state index contributed by atoms with van der Waals surface area (Å²) < 4.78 is 0. The number of aliphatic carboxylic acids is 1. The summed E-state index contributed by atoms with van der Waals surface area (Å²) in [6.07, 6.45) is 4.50. The summed E-state index contributed by atoms with van der Waals surface area (Å²) in [6, 6.07) is 1.99. The lowest BCUT2D eigenvalue weighted by Crippen LogP contribution is -2.59. The maximum atomic E-state index is 13.3. The molecule has 0 radical (unpaired) electrons. The third kappa shape index (κ3) is 10.4. The molecule has 1 heterocycles. The summed E-state index contributed by atoms with van der Waals surface area (Å²) in [5.41, 5.74) is 12.9. The van der Waals surface area contributed by atoms with Gasteiger partial charge in [0.2, 0.25) is 17.7 Å². The largest absolute Gasteiger partial charge is 0.508 e. The van der Waals surface area contributed by atoms with Gasteiger partial charge < -0.3 is 42.6 Å². The minimum Gasteiger partial charge on any atom is -0.508 e. The molecule has 4 atom stereocenters. The van der Waals surface area contributed by atoms with Crippen molar-refractivity contribution in [2.75, 3.05) is 6.54 Å². The van der Waals surface area contributed by atoms with Crippen LogP contribution in [0.1, 0.15) is 44.4 Å². The number of carbonyl (C=O) groups is 4. The minimum atomic E-state index is -1.18. The monoisotopic (exact) mass is 545 g/mol. The fourth-order valence-electron chi connectivity index (χ4n) is 3.88. The van der Waals surface area contributed by atoms with E-state index in [0.29, 0.717) is 25.1 Å². The SMILES string of the molecule is CC(C)C(NC(=O)C(Cc1cnc[nH]1)NC(=O)C(N)Cc1ccc(O)cc1)C(=O)NC(CCCCN)C(=O)O. The summed E-state index contributed by atoms with van der Waals surface area (Å²) in [4.78, 5) is 57.7. The fraction of sp³-hybridized carbons (Fsp3) is 0.500. The van der Waals surface area contributed by atoms with Crippen molar-refractivity contribution < 1.29 is 29.4 Å². The number of imidazole rings is 1. The van der Waals surface area contributed by atoms with E-state index in [1.807, 2.05) is 0 Å². The van der Waals surface area contributed by atoms with Gasteiger partial charge in [0.15, 0.2) is 0 Å². The Kier molecular flexibility index (Phi) is 12.4. The molecule has 0 spiro atoms. The molecule has 214 valence electrons. The zero-order chi connectivity index (χ0) is 28.9. The number of hydrogen-bond acceptors (Lipinski definition) is 8. The first kappa shape index (κ1) is 31.2. The zero-order valence-electron chi connectivity index (χ0n) is 22.2. The number of nitrogens with zero attached hydrogens (tertiary/aromatic N) is 1. The molecular formula is C26H39N7O6. The maximum absolute atomic E-state index is 13.3. The van der Waals surface area contributed by atoms with E-state index in [9.17, 15) is 29.4 Å². The van der Waals surface area contributed by atoms with Crippen LogP contribution in [0.2, 0.25) is 0 Å². The van der Waals surface area contributed by atoms with Crippen molar-refractivity contribution in [1.29, 1.82) is 0 Å². The van der Waals surface area contributed by atoms with E-state index in [1.54, 1.807) is 26.0 Å². The molecule has 2 aromatic rings. The molecule has 0 aliphatic rings. The molecule has 39 heavy (non-hydrogen) atoms. The van der Waals surface area contributed by atoms with E-state index in [1.165, 1.54) is 24.7 Å². The van der Waals surface area contributed by atoms with E-state index >= 15 is 0 Å². The van der Waals surface area contributed by atoms with Crippen molar-refractivity contribution in [3.05, 3.63) is 48.0 Å². The Labute approximate surface area is 227 Å². The van der Waals surface area contributed by atoms with Gasteiger partial charge in [-0.2, -0.15) is 0 Å². The number of unbranched alkanes of at least 4 members (excludes halogenated alkanes) is 1. The molecule has 2 rings (SSSR count). The van der Waals surface area contributed by atoms with E-state index < -0.39 is 47.9 Å². The van der Waals surface area contributed by atoms with Gasteiger partial charge in [0.25, 0.3) is 0 Å². The smallest absolute Gasteiger partial charge is 0.326 e. The Morgan fingerprint density at radius 1 is 0.949 bits per heavy atom. The standard InChI is InChI=1S/C26H39N7O6/c1-15(2)22(25(37)31-20(26(38)39)5-3-4-10-27)33-24(36)21(12-17-13-29-14-30-17)32-23(35)19(28)11-16-6-8-18(34)9-7-16/h6-9,13-15,19-22,34H,3-5,10-12,27-28H2,1-2H3,(H,29,30)(H,31,37)(H,32,35)(H,33,36)(H,38,39). The second kappa shape index (κ2) is 15.4. The molecule has 0 saturated heterocycles. The van der Waals surface area contributed by atoms with Crippen LogP contribution in [0.5, 0.6) is 5.75 Å². The molecule has 10 N–H and O–H groups in total. The van der Waals surface area contributed by atoms with Gasteiger partial charge in [-0.05, 0) is 55.8 Å². The topological polar surface area (TPSA) is 226 Å². The van der Waals surface area contributed by atoms with Crippen LogP contribution in [-0.4, -0.2) is 74.6 Å². The number of aromatic nitrogens is 2. The van der Waals surface area contributed by atoms with Gasteiger partial charge >= 0.3 is 5.97 Å². The number of carbonyl (C=O) groups excluding carboxylic acids is 3. The van der Waals surface area contributed by atoms with Crippen molar-refractivity contribution in [3.63, 3.8) is 0 Å². The molecule has 3 amide bonds. The lowest BCUT2D eigenvalue weighted by atomic mass is 10.0. The van der Waals surface area contributed by atoms with Crippen molar-refractivity contribution in [2.45, 2.75) is 70.1 Å². The molecule has 0 aliphatic carbocycles. The number of amides is 3. The van der Waals surface area contributed by atoms with Gasteiger partial charge in [-0.25, -0.2) is 9.78 Å². The van der Waals surface area contributed by atoms with Crippen LogP contribution in [0, 0.1) is 5.92 Å². The number of aromatic amines is 1. The van der Waals surface area contributed by atoms with Gasteiger partial charge in [-0.3, -0.25) is 14.4 Å². The van der Waals surface area contributed by atoms with Crippen LogP contribution >= 0.6 is 0 Å². The number of rotatable bonds is 16. The molecular weight excluding hydrogens is 506 g/mol. The first-order valence-corrected chi connectivity index (χ1v) is 12.9. The summed E-state index contributed by atoms with van der Waals surface area (Å²) in [5.74, 6) is -3.34. The predicted molar refractivity (Wildman–Crippen MR) is 143 cm³/mol. The van der Waals surface area contributed by atoms with Gasteiger partial charge in [-0.15, -0.1) is 0 Å². The highest BCUT2D eigenvalue weighted by molar-refractivity contribution is 5.94. The van der Waals surface area contributed by atoms with Gasteiger partial charge in [0.1, 0.15) is 23.9 Å². The highest BCUT2D eigenvalue weighted by Crippen LogP contribution is 2.12. The first-order valence-electron chi connectivity index (χ1n) is 12.9. The molecule has 13 heteroatoms. The van der Waals surface area contributed by atoms with Gasteiger partial charge in [0.05, 0.1) is 12.4 Å². The third-order valence-corrected chi connectivity index (χ3v) is 6.15. The van der Waals surface area contributed by atoms with Crippen LogP contribution in [0.25, 0.3) is 0 Å². The molecule has 0 fully saturated rings. The van der Waals surface area contributed by atoms with Crippen LogP contribution in [0.4, 0.5) is 0 Å². The van der Waals surface area contributed by atoms with Crippen LogP contribution < -0.4 is 27.4 Å². The number of benzene rings is 1. The lowest BCUT2D eigenvalue weighted by molar-refractivity contribution is -0.142. The molecule has 1 aromatic carbocycles. The van der Waals surface area contributed by atoms with Crippen molar-refractivity contribution in [3.8, 4) is 5.75 Å². The summed E-state index contributed by atoms with van der Waals surface area (Å²) in [7, 11) is 0. The molecule has 4 unspecified atom stereocenters. The average Bonchev–Trinajstić information content (AvgIpc) is 3.40. The normalized spacial score (nSPS) is 14.2. The van der Waals surface area contributed by atoms with Crippen LogP contribution in [0.15, 0.2) is 36.8 Å². The van der Waals surface area contributed by atoms with Crippen molar-refractivity contribution >= 4 is 23.7 Å². The zero-order valence-corrected chi connectivity index (χ0v) is 22.2. The number of aromatic hydroxyl groups is 1. The molecule has 1 aromatic heterocycles. The average molecular weight is 546 g/mol. The predicted octanol–water partition coefficient (Wildman–Crippen LogP) is -0.448. The van der Waals surface area contributed by atoms with E-state index in [-0.39, 0.29) is 30.9 Å². The fourth-order valence-corrected chi connectivity index (χ4v) is 3.88. The van der Waals surface area contributed by atoms with Gasteiger partial charge in [0, 0.05) is 18.3 Å². The number of phenols is 1. The highest BCUT2D eigenvalue weighted by atomic mass is 16.4. The Bertz CT molecular complexity index is 1070. The maximum Gasteiger partial charge on any atom is 0.326 e. The Hall–Kier alpha value is -3.97. The van der Waals surface area contributed by atoms with E-state index in [4.69, 9.17) is 11.5 Å². The minimum absolute atomic E-state index is 0.0484. The molecule has 0 saturated carbocycles. The second-order valence-corrected chi connectivity index (χ2v) is 9.73. The Morgan fingerprint density at radius 3 is 2.18 bits per heavy atom. The number of nitrogens with two attached hydrogens (primary N) is 2. The lowest BCUT2D eigenvalue weighted by Gasteiger charge is -2.27. The number of carboxylic acid groups (broad SMARTS) is 1. The molecule has 13 nitrogen and oxygen atoms in total. The third-order valence-electron chi connectivity index (χ3n) is 6.15. The van der Waals surface area contributed by atoms with Crippen molar-refractivity contribution in [2.24, 2.45) is 17.4 Å². The van der Waals surface area contributed by atoms with Crippen LogP contribution in [-0.2, 0) is 32.0 Å². The van der Waals surface area contributed by atoms with E-state index in [0.717, 1.165) is 5.56 Å². The Morgan fingerprint density at radius 2 is 1.62 bits per heavy atom. The first-order chi connectivity index (χ1) is 18.5. The van der Waals surface area contributed by atoms with Crippen LogP contribution in [0.3, 0.4) is 0 Å². The molecule has 0 aliphatic heterocycles. The summed E-state index contributed by atoms with van der Waals surface area (Å²) >= 11 is 0. The summed E-state index contributed by atoms with van der Waals surface area (Å²) in [5, 5.41) is 26.8. The Balaban J connectivity index is 2.13. The molecule has 0 bridgehead atoms. The summed E-state index contributed by atoms with van der Waals surface area (Å²) in [6.45, 7) is 3.84. The number of phenolic OH excluding ortho intramolecular Hbond substituents is 1. The number of nitrogens with one attached hydrogen (secondary N) is 4. The quantitative estimate of drug-likeness (QED) is 0.128. The van der Waals surface area contributed by atoms with E-state index in [2.05, 4.69) is 25.9 Å². The van der Waals surface area contributed by atoms with Gasteiger partial charge in [-0.1, -0.05) is 26.0 Å². The number of carboxylic acids is 1. The van der Waals surface area contributed by atoms with Crippen molar-refractivity contribution in [1.82, 2.24) is 25.9 Å².